The number of anilines is 1. The Morgan fingerprint density at radius 3 is 2.76 bits per heavy atom. The second-order valence-corrected chi connectivity index (χ2v) is 16.1. The molecule has 0 saturated carbocycles. The van der Waals surface area contributed by atoms with Crippen LogP contribution in [0.1, 0.15) is 43.7 Å². The number of aromatic nitrogens is 1. The largest absolute Gasteiger partial charge is 0.394 e. The molecule has 2 aliphatic heterocycles. The maximum absolute atomic E-state index is 15.5. The molecule has 5 rings (SSSR count). The average molecular weight is 580 g/mol. The predicted molar refractivity (Wildman–Crippen MR) is 162 cm³/mol. The zero-order valence-electron chi connectivity index (χ0n) is 24.2. The average Bonchev–Trinajstić information content (AvgIpc) is 3.65. The number of carbonyl (C=O) groups excluding carboxylic acids is 2. The summed E-state index contributed by atoms with van der Waals surface area (Å²) in [6.07, 6.45) is 4.87. The summed E-state index contributed by atoms with van der Waals surface area (Å²) in [7, 11) is -3.10. The molecule has 0 spiro atoms. The number of amides is 2. The highest BCUT2D eigenvalue weighted by Crippen LogP contribution is 2.47. The molecular formula is C32H42FN3O4Si. The number of hydrogen-bond acceptors (Lipinski definition) is 4. The van der Waals surface area contributed by atoms with Gasteiger partial charge in [0.25, 0.3) is 0 Å². The minimum absolute atomic E-state index is 0.00532. The number of rotatable bonds is 10. The topological polar surface area (TPSA) is 94.7 Å². The molecule has 2 aliphatic rings. The first-order valence-corrected chi connectivity index (χ1v) is 17.8. The summed E-state index contributed by atoms with van der Waals surface area (Å²) in [6.45, 7) is 6.09. The molecule has 0 radical (unpaired) electrons. The lowest BCUT2D eigenvalue weighted by Crippen LogP contribution is -2.42. The van der Waals surface area contributed by atoms with E-state index in [9.17, 15) is 14.7 Å². The Hall–Kier alpha value is -3.01. The number of likely N-dealkylation sites (tertiary alicyclic amines) is 1. The Morgan fingerprint density at radius 2 is 1.98 bits per heavy atom. The monoisotopic (exact) mass is 579 g/mol. The fourth-order valence-corrected chi connectivity index (χ4v) is 9.53. The van der Waals surface area contributed by atoms with E-state index in [0.717, 1.165) is 47.0 Å². The second kappa shape index (κ2) is 12.5. The number of halogens is 1. The maximum Gasteiger partial charge on any atom is 0.246 e. The number of fused-ring (bicyclic) bond motifs is 1. The SMILES string of the molecule is C[C@@H]1[C@@H]([Si](C)(C)F)[C@H](CC(=O)N2CCC[C@H]2CO)O[C@@H]1CCc1cccc(NC(=O)Cc2c[nH]c3ccccc23)c1. The summed E-state index contributed by atoms with van der Waals surface area (Å²) in [5.74, 6) is -0.115. The van der Waals surface area contributed by atoms with E-state index < -0.39 is 14.5 Å². The van der Waals surface area contributed by atoms with Gasteiger partial charge in [-0.2, -0.15) is 0 Å². The van der Waals surface area contributed by atoms with E-state index in [1.54, 1.807) is 18.0 Å². The standard InChI is InChI=1S/C32H42FN3O4Si/c1-21-28(40-29(32(21)41(2,3)33)18-31(39)36-15-7-10-25(36)20-37)14-13-22-8-6-9-24(16-22)35-30(38)17-23-19-34-27-12-5-4-11-26(23)27/h4-6,8-9,11-12,16,19,21,25,28-29,32,34,37H,7,10,13-15,17-18,20H2,1-3H3,(H,35,38)/t21-,25-,28+,29-,32+/m0/s1. The van der Waals surface area contributed by atoms with Crippen molar-refractivity contribution in [2.75, 3.05) is 18.5 Å². The first-order valence-electron chi connectivity index (χ1n) is 14.8. The number of nitrogens with zero attached hydrogens (tertiary/aromatic N) is 1. The maximum atomic E-state index is 15.5. The molecule has 41 heavy (non-hydrogen) atoms. The number of benzene rings is 2. The third-order valence-corrected chi connectivity index (χ3v) is 11.4. The number of ether oxygens (including phenoxy) is 1. The summed E-state index contributed by atoms with van der Waals surface area (Å²) < 4.78 is 22.0. The van der Waals surface area contributed by atoms with Crippen molar-refractivity contribution in [3.05, 3.63) is 65.9 Å². The van der Waals surface area contributed by atoms with E-state index in [4.69, 9.17) is 4.74 Å². The Bertz CT molecular complexity index is 1370. The Kier molecular flexibility index (Phi) is 8.96. The predicted octanol–water partition coefficient (Wildman–Crippen LogP) is 5.60. The molecular weight excluding hydrogens is 537 g/mol. The van der Waals surface area contributed by atoms with E-state index in [2.05, 4.69) is 17.2 Å². The number of aromatic amines is 1. The minimum atomic E-state index is -3.10. The number of aliphatic hydroxyl groups excluding tert-OH is 1. The normalized spacial score (nSPS) is 24.7. The lowest BCUT2D eigenvalue weighted by atomic mass is 9.95. The molecule has 2 fully saturated rings. The summed E-state index contributed by atoms with van der Waals surface area (Å²) >= 11 is 0. The number of aliphatic hydroxyl groups is 1. The number of H-pyrrole nitrogens is 1. The van der Waals surface area contributed by atoms with Crippen molar-refractivity contribution in [3.8, 4) is 0 Å². The highest BCUT2D eigenvalue weighted by atomic mass is 28.4. The molecule has 1 aromatic heterocycles. The van der Waals surface area contributed by atoms with Gasteiger partial charge in [0.1, 0.15) is 0 Å². The molecule has 3 aromatic rings. The molecule has 2 amide bonds. The molecule has 5 atom stereocenters. The van der Waals surface area contributed by atoms with Crippen molar-refractivity contribution in [2.45, 2.75) is 82.3 Å². The van der Waals surface area contributed by atoms with Crippen molar-refractivity contribution < 1.29 is 23.5 Å². The van der Waals surface area contributed by atoms with E-state index in [1.165, 1.54) is 0 Å². The van der Waals surface area contributed by atoms with Gasteiger partial charge in [-0.1, -0.05) is 37.3 Å². The molecule has 0 unspecified atom stereocenters. The number of aryl methyl sites for hydroxylation is 1. The van der Waals surface area contributed by atoms with Crippen LogP contribution in [0.15, 0.2) is 54.7 Å². The zero-order valence-corrected chi connectivity index (χ0v) is 25.2. The van der Waals surface area contributed by atoms with E-state index in [0.29, 0.717) is 13.0 Å². The molecule has 3 N–H and O–H groups in total. The van der Waals surface area contributed by atoms with Gasteiger partial charge < -0.3 is 29.2 Å². The number of para-hydroxylation sites is 1. The number of nitrogens with one attached hydrogen (secondary N) is 2. The van der Waals surface area contributed by atoms with E-state index in [1.807, 2.05) is 54.7 Å². The zero-order chi connectivity index (χ0) is 29.1. The molecule has 9 heteroatoms. The van der Waals surface area contributed by atoms with Gasteiger partial charge in [0, 0.05) is 34.9 Å². The summed E-state index contributed by atoms with van der Waals surface area (Å²) in [4.78, 5) is 30.9. The van der Waals surface area contributed by atoms with Crippen LogP contribution in [0.25, 0.3) is 10.9 Å². The lowest BCUT2D eigenvalue weighted by Gasteiger charge is -2.30. The van der Waals surface area contributed by atoms with Gasteiger partial charge in [0.2, 0.25) is 20.2 Å². The molecule has 2 saturated heterocycles. The highest BCUT2D eigenvalue weighted by molar-refractivity contribution is 6.72. The van der Waals surface area contributed by atoms with E-state index in [-0.39, 0.29) is 54.9 Å². The van der Waals surface area contributed by atoms with Crippen LogP contribution in [-0.2, 0) is 27.2 Å². The first-order chi connectivity index (χ1) is 19.6. The summed E-state index contributed by atoms with van der Waals surface area (Å²) in [5, 5.41) is 13.7. The molecule has 0 bridgehead atoms. The van der Waals surface area contributed by atoms with Crippen molar-refractivity contribution in [2.24, 2.45) is 5.92 Å². The molecule has 3 heterocycles. The van der Waals surface area contributed by atoms with Crippen molar-refractivity contribution in [3.63, 3.8) is 0 Å². The van der Waals surface area contributed by atoms with Gasteiger partial charge >= 0.3 is 0 Å². The highest BCUT2D eigenvalue weighted by Gasteiger charge is 2.52. The van der Waals surface area contributed by atoms with Crippen LogP contribution in [0.3, 0.4) is 0 Å². The van der Waals surface area contributed by atoms with Crippen LogP contribution in [0.4, 0.5) is 9.80 Å². The Morgan fingerprint density at radius 1 is 1.17 bits per heavy atom. The van der Waals surface area contributed by atoms with Crippen molar-refractivity contribution in [1.82, 2.24) is 9.88 Å². The third kappa shape index (κ3) is 6.74. The molecule has 7 nitrogen and oxygen atoms in total. The first kappa shape index (κ1) is 29.5. The molecule has 220 valence electrons. The second-order valence-electron chi connectivity index (χ2n) is 12.3. The van der Waals surface area contributed by atoms with Crippen molar-refractivity contribution in [1.29, 1.82) is 0 Å². The van der Waals surface area contributed by atoms with E-state index >= 15 is 4.11 Å². The van der Waals surface area contributed by atoms with Crippen LogP contribution in [0.2, 0.25) is 18.6 Å². The molecule has 0 aliphatic carbocycles. The fourth-order valence-electron chi connectivity index (χ4n) is 6.99. The van der Waals surface area contributed by atoms with Crippen LogP contribution in [0, 0.1) is 5.92 Å². The Balaban J connectivity index is 1.19. The van der Waals surface area contributed by atoms with Crippen LogP contribution in [0.5, 0.6) is 0 Å². The van der Waals surface area contributed by atoms with Crippen molar-refractivity contribution >= 4 is 36.8 Å². The van der Waals surface area contributed by atoms with Crippen LogP contribution in [-0.4, -0.2) is 66.6 Å². The third-order valence-electron chi connectivity index (χ3n) is 8.93. The Labute approximate surface area is 242 Å². The lowest BCUT2D eigenvalue weighted by molar-refractivity contribution is -0.135. The van der Waals surface area contributed by atoms with Gasteiger partial charge in [0.15, 0.2) is 0 Å². The van der Waals surface area contributed by atoms with Gasteiger partial charge in [-0.3, -0.25) is 9.59 Å². The van der Waals surface area contributed by atoms with Gasteiger partial charge in [-0.25, -0.2) is 0 Å². The van der Waals surface area contributed by atoms with Gasteiger partial charge in [-0.05, 0) is 74.0 Å². The van der Waals surface area contributed by atoms with Crippen LogP contribution >= 0.6 is 0 Å². The van der Waals surface area contributed by atoms with Gasteiger partial charge in [-0.15, -0.1) is 0 Å². The smallest absolute Gasteiger partial charge is 0.246 e. The number of carbonyl (C=O) groups is 2. The number of hydrogen-bond donors (Lipinski definition) is 3. The minimum Gasteiger partial charge on any atom is -0.394 e. The van der Waals surface area contributed by atoms with Crippen LogP contribution < -0.4 is 5.32 Å². The molecule has 2 aromatic carbocycles. The summed E-state index contributed by atoms with van der Waals surface area (Å²) in [6, 6.07) is 15.6. The van der Waals surface area contributed by atoms with Gasteiger partial charge in [0.05, 0.1) is 37.7 Å². The fraction of sp³-hybridized carbons (Fsp3) is 0.500. The summed E-state index contributed by atoms with van der Waals surface area (Å²) in [5.41, 5.74) is 3.53. The quantitative estimate of drug-likeness (QED) is 0.215.